The van der Waals surface area contributed by atoms with Crippen LogP contribution in [0.25, 0.3) is 0 Å². The lowest BCUT2D eigenvalue weighted by molar-refractivity contribution is 0.281. The molecule has 2 N–H and O–H groups in total. The van der Waals surface area contributed by atoms with Crippen molar-refractivity contribution in [2.45, 2.75) is 39.2 Å². The van der Waals surface area contributed by atoms with E-state index in [0.717, 1.165) is 0 Å². The zero-order chi connectivity index (χ0) is 15.2. The van der Waals surface area contributed by atoms with Crippen molar-refractivity contribution in [3.63, 3.8) is 0 Å². The van der Waals surface area contributed by atoms with Crippen LogP contribution < -0.4 is 4.72 Å². The second-order valence-corrected chi connectivity index (χ2v) is 8.42. The Bertz CT molecular complexity index is 591. The first kappa shape index (κ1) is 15.5. The Balaban J connectivity index is 2.09. The van der Waals surface area contributed by atoms with Gasteiger partial charge in [0.1, 0.15) is 0 Å². The zero-order valence-corrected chi connectivity index (χ0v) is 13.3. The summed E-state index contributed by atoms with van der Waals surface area (Å²) in [6.07, 6.45) is 0. The molecular weight excluding hydrogens is 274 g/mol. The fourth-order valence-electron chi connectivity index (χ4n) is 2.93. The van der Waals surface area contributed by atoms with Crippen molar-refractivity contribution >= 4 is 10.0 Å². The molecule has 1 aromatic carbocycles. The maximum Gasteiger partial charge on any atom is 0.240 e. The fourth-order valence-corrected chi connectivity index (χ4v) is 4.05. The third kappa shape index (κ3) is 2.50. The van der Waals surface area contributed by atoms with E-state index in [1.54, 1.807) is 18.2 Å². The van der Waals surface area contributed by atoms with Crippen molar-refractivity contribution in [2.24, 2.45) is 16.7 Å². The van der Waals surface area contributed by atoms with Gasteiger partial charge in [-0.2, -0.15) is 0 Å². The van der Waals surface area contributed by atoms with E-state index in [2.05, 4.69) is 32.4 Å². The molecule has 0 aliphatic heterocycles. The Kier molecular flexibility index (Phi) is 3.73. The van der Waals surface area contributed by atoms with Gasteiger partial charge in [-0.3, -0.25) is 0 Å². The first-order valence-electron chi connectivity index (χ1n) is 6.82. The Morgan fingerprint density at radius 2 is 1.80 bits per heavy atom. The smallest absolute Gasteiger partial charge is 0.240 e. The molecule has 1 saturated carbocycles. The number of aliphatic hydroxyl groups excluding tert-OH is 1. The van der Waals surface area contributed by atoms with Crippen molar-refractivity contribution in [1.82, 2.24) is 4.72 Å². The Labute approximate surface area is 121 Å². The molecule has 1 aliphatic rings. The summed E-state index contributed by atoms with van der Waals surface area (Å²) in [4.78, 5) is 0.209. The predicted octanol–water partition coefficient (Wildman–Crippen LogP) is 2.14. The summed E-state index contributed by atoms with van der Waals surface area (Å²) in [5.74, 6) is 0.339. The van der Waals surface area contributed by atoms with Gasteiger partial charge >= 0.3 is 0 Å². The van der Waals surface area contributed by atoms with E-state index < -0.39 is 10.0 Å². The molecule has 112 valence electrons. The molecule has 0 atom stereocenters. The van der Waals surface area contributed by atoms with Gasteiger partial charge in [0.15, 0.2) is 0 Å². The molecule has 0 radical (unpaired) electrons. The van der Waals surface area contributed by atoms with Crippen LogP contribution in [-0.2, 0) is 16.6 Å². The van der Waals surface area contributed by atoms with Crippen molar-refractivity contribution in [2.75, 3.05) is 6.54 Å². The average molecular weight is 297 g/mol. The molecule has 5 heteroatoms. The monoisotopic (exact) mass is 297 g/mol. The summed E-state index contributed by atoms with van der Waals surface area (Å²) in [5.41, 5.74) is 0.908. The Hall–Kier alpha value is -0.910. The molecule has 0 bridgehead atoms. The van der Waals surface area contributed by atoms with E-state index in [9.17, 15) is 8.42 Å². The second-order valence-electron chi connectivity index (χ2n) is 6.65. The van der Waals surface area contributed by atoms with Crippen molar-refractivity contribution in [1.29, 1.82) is 0 Å². The number of benzene rings is 1. The first-order chi connectivity index (χ1) is 9.13. The average Bonchev–Trinajstić information content (AvgIpc) is 2.77. The molecule has 1 aliphatic carbocycles. The molecule has 2 rings (SSSR count). The molecule has 0 spiro atoms. The summed E-state index contributed by atoms with van der Waals surface area (Å²) in [5, 5.41) is 9.08. The van der Waals surface area contributed by atoms with Gasteiger partial charge in [0.2, 0.25) is 10.0 Å². The van der Waals surface area contributed by atoms with E-state index in [1.807, 2.05) is 0 Å². The summed E-state index contributed by atoms with van der Waals surface area (Å²) in [6.45, 7) is 8.95. The van der Waals surface area contributed by atoms with Gasteiger partial charge in [-0.15, -0.1) is 0 Å². The number of aliphatic hydroxyl groups is 1. The summed E-state index contributed by atoms with van der Waals surface area (Å²) < 4.78 is 27.2. The lowest BCUT2D eigenvalue weighted by Crippen LogP contribution is -2.27. The third-order valence-corrected chi connectivity index (χ3v) is 6.61. The maximum atomic E-state index is 12.3. The van der Waals surface area contributed by atoms with Crippen LogP contribution in [0, 0.1) is 16.7 Å². The Morgan fingerprint density at radius 3 is 2.30 bits per heavy atom. The van der Waals surface area contributed by atoms with Gasteiger partial charge in [-0.1, -0.05) is 39.8 Å². The highest BCUT2D eigenvalue weighted by molar-refractivity contribution is 7.89. The topological polar surface area (TPSA) is 66.4 Å². The Morgan fingerprint density at radius 1 is 1.20 bits per heavy atom. The van der Waals surface area contributed by atoms with E-state index in [4.69, 9.17) is 5.11 Å². The van der Waals surface area contributed by atoms with Gasteiger partial charge in [-0.25, -0.2) is 13.1 Å². The summed E-state index contributed by atoms with van der Waals surface area (Å²) >= 11 is 0. The quantitative estimate of drug-likeness (QED) is 0.875. The van der Waals surface area contributed by atoms with Gasteiger partial charge in [0.25, 0.3) is 0 Å². The predicted molar refractivity (Wildman–Crippen MR) is 78.6 cm³/mol. The lowest BCUT2D eigenvalue weighted by atomic mass is 10.0. The zero-order valence-electron chi connectivity index (χ0n) is 12.5. The number of hydrogen-bond acceptors (Lipinski definition) is 3. The second kappa shape index (κ2) is 4.83. The molecule has 4 nitrogen and oxygen atoms in total. The number of nitrogens with one attached hydrogen (secondary N) is 1. The van der Waals surface area contributed by atoms with Gasteiger partial charge < -0.3 is 5.11 Å². The molecule has 1 aromatic rings. The minimum Gasteiger partial charge on any atom is -0.392 e. The SMILES string of the molecule is CC1(C)C(CNS(=O)(=O)c2cccc(CO)c2)C1(C)C. The van der Waals surface area contributed by atoms with E-state index in [0.29, 0.717) is 18.0 Å². The molecule has 0 heterocycles. The fraction of sp³-hybridized carbons (Fsp3) is 0.600. The van der Waals surface area contributed by atoms with Crippen LogP contribution in [0.15, 0.2) is 29.2 Å². The van der Waals surface area contributed by atoms with Crippen LogP contribution in [0.1, 0.15) is 33.3 Å². The van der Waals surface area contributed by atoms with Crippen molar-refractivity contribution in [3.05, 3.63) is 29.8 Å². The molecule has 0 unspecified atom stereocenters. The normalized spacial score (nSPS) is 20.9. The largest absolute Gasteiger partial charge is 0.392 e. The van der Waals surface area contributed by atoms with Crippen LogP contribution in [0.4, 0.5) is 0 Å². The number of hydrogen-bond donors (Lipinski definition) is 2. The molecule has 1 fully saturated rings. The highest BCUT2D eigenvalue weighted by Crippen LogP contribution is 2.67. The number of rotatable bonds is 5. The van der Waals surface area contributed by atoms with Crippen LogP contribution in [-0.4, -0.2) is 20.1 Å². The molecule has 20 heavy (non-hydrogen) atoms. The first-order valence-corrected chi connectivity index (χ1v) is 8.31. The highest BCUT2D eigenvalue weighted by Gasteiger charge is 2.64. The summed E-state index contributed by atoms with van der Waals surface area (Å²) in [7, 11) is -3.51. The van der Waals surface area contributed by atoms with Crippen LogP contribution in [0.2, 0.25) is 0 Å². The van der Waals surface area contributed by atoms with Gasteiger partial charge in [-0.05, 0) is 34.4 Å². The molecule has 0 saturated heterocycles. The molecule has 0 aromatic heterocycles. The van der Waals surface area contributed by atoms with Crippen LogP contribution in [0.5, 0.6) is 0 Å². The van der Waals surface area contributed by atoms with Gasteiger partial charge in [0, 0.05) is 6.54 Å². The number of sulfonamides is 1. The maximum absolute atomic E-state index is 12.3. The van der Waals surface area contributed by atoms with E-state index >= 15 is 0 Å². The van der Waals surface area contributed by atoms with Crippen molar-refractivity contribution in [3.8, 4) is 0 Å². The third-order valence-electron chi connectivity index (χ3n) is 5.19. The van der Waals surface area contributed by atoms with Crippen LogP contribution >= 0.6 is 0 Å². The molecular formula is C15H23NO3S. The minimum atomic E-state index is -3.51. The van der Waals surface area contributed by atoms with Gasteiger partial charge in [0.05, 0.1) is 11.5 Å². The summed E-state index contributed by atoms with van der Waals surface area (Å²) in [6, 6.07) is 6.40. The minimum absolute atomic E-state index is 0.155. The van der Waals surface area contributed by atoms with E-state index in [1.165, 1.54) is 6.07 Å². The standard InChI is InChI=1S/C15H23NO3S/c1-14(2)13(15(14,3)4)9-16-20(18,19)12-7-5-6-11(8-12)10-17/h5-8,13,16-17H,9-10H2,1-4H3. The lowest BCUT2D eigenvalue weighted by Gasteiger charge is -2.08. The van der Waals surface area contributed by atoms with E-state index in [-0.39, 0.29) is 22.3 Å². The van der Waals surface area contributed by atoms with Crippen LogP contribution in [0.3, 0.4) is 0 Å². The highest BCUT2D eigenvalue weighted by atomic mass is 32.2. The molecule has 0 amide bonds. The van der Waals surface area contributed by atoms with Crippen molar-refractivity contribution < 1.29 is 13.5 Å².